The number of rotatable bonds is 6. The molecule has 0 saturated carbocycles. The highest BCUT2D eigenvalue weighted by Gasteiger charge is 2.33. The molecule has 0 fully saturated rings. The fourth-order valence-electron chi connectivity index (χ4n) is 8.05. The number of nitrogens with zero attached hydrogens (tertiary/aromatic N) is 3. The van der Waals surface area contributed by atoms with Crippen LogP contribution in [0.25, 0.3) is 72.7 Å². The summed E-state index contributed by atoms with van der Waals surface area (Å²) in [6.45, 7) is 2.24. The van der Waals surface area contributed by atoms with E-state index in [4.69, 9.17) is 23.5 Å². The molecule has 2 aliphatic heterocycles. The van der Waals surface area contributed by atoms with Crippen molar-refractivity contribution in [2.45, 2.75) is 13.3 Å². The molecule has 1 atom stereocenters. The minimum absolute atomic E-state index is 0.325. The van der Waals surface area contributed by atoms with Gasteiger partial charge in [0.15, 0.2) is 11.5 Å². The minimum Gasteiger partial charge on any atom is -0.456 e. The molecule has 11 rings (SSSR count). The van der Waals surface area contributed by atoms with Crippen molar-refractivity contribution in [3.63, 3.8) is 0 Å². The fraction of sp³-hybridized carbons (Fsp3) is 0.0588. The number of allylic oxidation sites excluding steroid dienone is 1. The van der Waals surface area contributed by atoms with E-state index in [1.165, 1.54) is 0 Å². The second-order valence-corrected chi connectivity index (χ2v) is 14.7. The van der Waals surface area contributed by atoms with Gasteiger partial charge in [-0.25, -0.2) is 0 Å². The van der Waals surface area contributed by atoms with E-state index in [1.807, 2.05) is 60.9 Å². The summed E-state index contributed by atoms with van der Waals surface area (Å²) in [7, 11) is 0. The average molecular weight is 738 g/mol. The lowest BCUT2D eigenvalue weighted by molar-refractivity contribution is 0.477. The van der Waals surface area contributed by atoms with Gasteiger partial charge >= 0.3 is 0 Å². The molecular formula is C51H35N3O3. The van der Waals surface area contributed by atoms with E-state index in [-0.39, 0.29) is 0 Å². The van der Waals surface area contributed by atoms with Crippen LogP contribution in [0.1, 0.15) is 18.9 Å². The molecule has 9 aromatic rings. The van der Waals surface area contributed by atoms with Crippen molar-refractivity contribution in [1.29, 1.82) is 0 Å². The van der Waals surface area contributed by atoms with E-state index in [1.54, 1.807) is 0 Å². The van der Waals surface area contributed by atoms with Crippen molar-refractivity contribution in [3.8, 4) is 56.5 Å². The van der Waals surface area contributed by atoms with Crippen molar-refractivity contribution in [1.82, 2.24) is 4.98 Å². The number of anilines is 3. The molecule has 2 aliphatic rings. The molecule has 6 aromatic carbocycles. The van der Waals surface area contributed by atoms with Crippen molar-refractivity contribution < 1.29 is 13.6 Å². The molecule has 0 spiro atoms. The minimum atomic E-state index is 0.325. The molecular weight excluding hydrogens is 703 g/mol. The Balaban J connectivity index is 1.18. The lowest BCUT2D eigenvalue weighted by Gasteiger charge is -2.36. The van der Waals surface area contributed by atoms with E-state index < -0.39 is 0 Å². The number of fused-ring (bicyclic) bond motifs is 4. The van der Waals surface area contributed by atoms with Crippen LogP contribution >= 0.6 is 0 Å². The highest BCUT2D eigenvalue weighted by Crippen LogP contribution is 2.56. The summed E-state index contributed by atoms with van der Waals surface area (Å²) in [6.07, 6.45) is 7.07. The SMILES string of the molecule is CC1C=C(c2cc(-c3ccccc3)cc(-c3ccccn3)c2N2c3ccc(-c4cc5ccccc5o4)cc3Oc3cc(-c4cc5ccccc5o4)ccc32)N=CC1. The van der Waals surface area contributed by atoms with Crippen molar-refractivity contribution >= 4 is 50.9 Å². The quantitative estimate of drug-likeness (QED) is 0.170. The average Bonchev–Trinajstić information content (AvgIpc) is 3.91. The maximum Gasteiger partial charge on any atom is 0.152 e. The number of ether oxygens (including phenoxy) is 1. The summed E-state index contributed by atoms with van der Waals surface area (Å²) < 4.78 is 19.7. The van der Waals surface area contributed by atoms with Crippen LogP contribution in [0.15, 0.2) is 184 Å². The third-order valence-electron chi connectivity index (χ3n) is 10.8. The van der Waals surface area contributed by atoms with Crippen molar-refractivity contribution in [2.24, 2.45) is 10.9 Å². The van der Waals surface area contributed by atoms with Crippen molar-refractivity contribution in [2.75, 3.05) is 4.90 Å². The van der Waals surface area contributed by atoms with Crippen LogP contribution < -0.4 is 9.64 Å². The van der Waals surface area contributed by atoms with Gasteiger partial charge < -0.3 is 18.5 Å². The van der Waals surface area contributed by atoms with Gasteiger partial charge in [-0.05, 0) is 108 Å². The maximum absolute atomic E-state index is 6.96. The largest absolute Gasteiger partial charge is 0.456 e. The zero-order valence-electron chi connectivity index (χ0n) is 31.1. The second kappa shape index (κ2) is 13.4. The van der Waals surface area contributed by atoms with Gasteiger partial charge in [-0.1, -0.05) is 85.8 Å². The Morgan fingerprint density at radius 2 is 1.18 bits per heavy atom. The Morgan fingerprint density at radius 1 is 0.561 bits per heavy atom. The van der Waals surface area contributed by atoms with Gasteiger partial charge in [0.05, 0.1) is 28.5 Å². The summed E-state index contributed by atoms with van der Waals surface area (Å²) in [6, 6.07) is 54.1. The summed E-state index contributed by atoms with van der Waals surface area (Å²) in [4.78, 5) is 12.4. The molecule has 6 nitrogen and oxygen atoms in total. The lowest BCUT2D eigenvalue weighted by atomic mass is 9.91. The summed E-state index contributed by atoms with van der Waals surface area (Å²) in [5.41, 5.74) is 12.2. The standard InChI is InChI=1S/C51H35N3O3/c1-32-22-24-53-42(25-32)40-27-38(33-11-3-2-4-12-33)26-39(41-15-9-10-23-52-41)51(40)54-43-20-18-36(47-28-34-13-5-7-16-45(34)55-47)30-49(43)57-50-31-37(19-21-44(50)54)48-29-35-14-6-8-17-46(35)56-48/h2-21,23-32H,22H2,1H3. The maximum atomic E-state index is 6.96. The first kappa shape index (κ1) is 32.9. The summed E-state index contributed by atoms with van der Waals surface area (Å²) >= 11 is 0. The molecule has 57 heavy (non-hydrogen) atoms. The number of aliphatic imine (C=N–C) groups is 1. The monoisotopic (exact) mass is 737 g/mol. The van der Waals surface area contributed by atoms with Crippen LogP contribution in [0.2, 0.25) is 0 Å². The topological polar surface area (TPSA) is 64.0 Å². The van der Waals surface area contributed by atoms with Crippen LogP contribution in [-0.4, -0.2) is 11.2 Å². The normalized spacial score (nSPS) is 14.6. The Hall–Kier alpha value is -7.44. The van der Waals surface area contributed by atoms with Crippen LogP contribution in [0.4, 0.5) is 17.1 Å². The molecule has 0 aliphatic carbocycles. The van der Waals surface area contributed by atoms with Gasteiger partial charge in [0, 0.05) is 45.4 Å². The van der Waals surface area contributed by atoms with Crippen LogP contribution in [0.5, 0.6) is 11.5 Å². The molecule has 0 amide bonds. The molecule has 0 saturated heterocycles. The number of pyridine rings is 1. The third kappa shape index (κ3) is 5.81. The Kier molecular flexibility index (Phi) is 7.74. The van der Waals surface area contributed by atoms with E-state index in [9.17, 15) is 0 Å². The van der Waals surface area contributed by atoms with Gasteiger partial charge in [-0.15, -0.1) is 0 Å². The molecule has 3 aromatic heterocycles. The predicted octanol–water partition coefficient (Wildman–Crippen LogP) is 14.3. The van der Waals surface area contributed by atoms with Crippen LogP contribution in [-0.2, 0) is 0 Å². The number of benzene rings is 6. The Morgan fingerprint density at radius 3 is 1.79 bits per heavy atom. The zero-order chi connectivity index (χ0) is 37.9. The Labute approximate surface area is 329 Å². The molecule has 6 heteroatoms. The third-order valence-corrected chi connectivity index (χ3v) is 10.8. The predicted molar refractivity (Wildman–Crippen MR) is 231 cm³/mol. The highest BCUT2D eigenvalue weighted by atomic mass is 16.5. The van der Waals surface area contributed by atoms with Crippen molar-refractivity contribution in [3.05, 3.63) is 176 Å². The van der Waals surface area contributed by atoms with Gasteiger partial charge in [0.2, 0.25) is 0 Å². The lowest BCUT2D eigenvalue weighted by Crippen LogP contribution is -2.19. The number of aromatic nitrogens is 1. The number of hydrogen-bond acceptors (Lipinski definition) is 6. The molecule has 272 valence electrons. The second-order valence-electron chi connectivity index (χ2n) is 14.7. The smallest absolute Gasteiger partial charge is 0.152 e. The first-order chi connectivity index (χ1) is 28.1. The van der Waals surface area contributed by atoms with E-state index in [0.717, 1.165) is 102 Å². The van der Waals surface area contributed by atoms with Gasteiger partial charge in [0.25, 0.3) is 0 Å². The van der Waals surface area contributed by atoms with E-state index in [0.29, 0.717) is 17.4 Å². The molecule has 0 bridgehead atoms. The molecule has 0 N–H and O–H groups in total. The molecule has 5 heterocycles. The Bertz CT molecular complexity index is 2860. The fourth-order valence-corrected chi connectivity index (χ4v) is 8.05. The number of hydrogen-bond donors (Lipinski definition) is 0. The van der Waals surface area contributed by atoms with Gasteiger partial charge in [0.1, 0.15) is 22.7 Å². The van der Waals surface area contributed by atoms with E-state index in [2.05, 4.69) is 127 Å². The van der Waals surface area contributed by atoms with Gasteiger partial charge in [-0.2, -0.15) is 0 Å². The van der Waals surface area contributed by atoms with Crippen LogP contribution in [0.3, 0.4) is 0 Å². The highest BCUT2D eigenvalue weighted by molar-refractivity contribution is 6.01. The molecule has 1 unspecified atom stereocenters. The zero-order valence-corrected chi connectivity index (χ0v) is 31.1. The first-order valence-corrected chi connectivity index (χ1v) is 19.3. The summed E-state index contributed by atoms with van der Waals surface area (Å²) in [5.74, 6) is 3.26. The number of para-hydroxylation sites is 2. The first-order valence-electron chi connectivity index (χ1n) is 19.3. The number of furan rings is 2. The van der Waals surface area contributed by atoms with Crippen LogP contribution in [0, 0.1) is 5.92 Å². The van der Waals surface area contributed by atoms with E-state index >= 15 is 0 Å². The summed E-state index contributed by atoms with van der Waals surface area (Å²) in [5, 5.41) is 2.10. The molecule has 0 radical (unpaired) electrons. The van der Waals surface area contributed by atoms with Gasteiger partial charge in [-0.3, -0.25) is 9.98 Å².